The summed E-state index contributed by atoms with van der Waals surface area (Å²) in [5, 5.41) is 2.77. The number of ether oxygens (including phenoxy) is 1. The van der Waals surface area contributed by atoms with Crippen LogP contribution in [0.4, 0.5) is 10.1 Å². The molecule has 152 valence electrons. The van der Waals surface area contributed by atoms with Crippen molar-refractivity contribution in [3.8, 4) is 0 Å². The molecule has 0 spiro atoms. The van der Waals surface area contributed by atoms with E-state index in [9.17, 15) is 18.8 Å². The first-order valence-electron chi connectivity index (χ1n) is 9.17. The summed E-state index contributed by atoms with van der Waals surface area (Å²) in [7, 11) is 0. The molecule has 0 heterocycles. The van der Waals surface area contributed by atoms with Crippen LogP contribution in [0.5, 0.6) is 0 Å². The van der Waals surface area contributed by atoms with Crippen LogP contribution in [0.15, 0.2) is 54.6 Å². The molecule has 2 aromatic rings. The Morgan fingerprint density at radius 1 is 1.03 bits per heavy atom. The average Bonchev–Trinajstić information content (AvgIpc) is 2.66. The van der Waals surface area contributed by atoms with Crippen LogP contribution in [0.1, 0.15) is 43.6 Å². The largest absolute Gasteiger partial charge is 0.451 e. The number of carbonyl (C=O) groups is 3. The number of benzene rings is 2. The first-order valence-corrected chi connectivity index (χ1v) is 9.17. The number of amides is 1. The average molecular weight is 397 g/mol. The number of hydrogen-bond acceptors (Lipinski definition) is 4. The highest BCUT2D eigenvalue weighted by atomic mass is 19.1. The molecule has 0 saturated carbocycles. The molecule has 0 saturated heterocycles. The third-order valence-electron chi connectivity index (χ3n) is 4.07. The molecule has 29 heavy (non-hydrogen) atoms. The lowest BCUT2D eigenvalue weighted by Crippen LogP contribution is -2.27. The van der Waals surface area contributed by atoms with E-state index in [1.54, 1.807) is 57.2 Å². The van der Waals surface area contributed by atoms with Gasteiger partial charge in [0.1, 0.15) is 5.82 Å². The number of Topliss-reactive ketones (excluding diaryl/α,β-unsaturated/α-hetero) is 1. The van der Waals surface area contributed by atoms with Crippen molar-refractivity contribution in [1.82, 2.24) is 0 Å². The maximum absolute atomic E-state index is 13.5. The topological polar surface area (TPSA) is 72.5 Å². The van der Waals surface area contributed by atoms with Gasteiger partial charge < -0.3 is 10.1 Å². The fourth-order valence-electron chi connectivity index (χ4n) is 2.31. The zero-order valence-electron chi connectivity index (χ0n) is 16.9. The molecule has 2 rings (SSSR count). The van der Waals surface area contributed by atoms with Gasteiger partial charge in [-0.15, -0.1) is 0 Å². The molecule has 2 aromatic carbocycles. The summed E-state index contributed by atoms with van der Waals surface area (Å²) in [5.41, 5.74) is 0.625. The Morgan fingerprint density at radius 3 is 2.24 bits per heavy atom. The van der Waals surface area contributed by atoms with Gasteiger partial charge >= 0.3 is 5.97 Å². The number of carbonyl (C=O) groups excluding carboxylic acids is 3. The van der Waals surface area contributed by atoms with E-state index in [2.05, 4.69) is 5.32 Å². The molecule has 0 aliphatic carbocycles. The molecule has 0 aliphatic heterocycles. The van der Waals surface area contributed by atoms with E-state index < -0.39 is 23.3 Å². The van der Waals surface area contributed by atoms with Crippen LogP contribution in [-0.2, 0) is 14.3 Å². The van der Waals surface area contributed by atoms with E-state index in [1.165, 1.54) is 25.1 Å². The number of hydrogen-bond donors (Lipinski definition) is 1. The van der Waals surface area contributed by atoms with Crippen molar-refractivity contribution in [2.24, 2.45) is 5.41 Å². The zero-order chi connectivity index (χ0) is 21.6. The Labute approximate surface area is 169 Å². The van der Waals surface area contributed by atoms with Crippen molar-refractivity contribution in [2.45, 2.75) is 33.8 Å². The maximum atomic E-state index is 13.5. The summed E-state index contributed by atoms with van der Waals surface area (Å²) in [6.45, 7) is 6.87. The van der Waals surface area contributed by atoms with E-state index in [4.69, 9.17) is 4.74 Å². The third kappa shape index (κ3) is 6.38. The second kappa shape index (κ2) is 9.28. The standard InChI is InChI=1S/C23H24FNO4/c1-15(29-20(26)14-11-16-7-5-6-8-19(16)24)21(27)17-9-12-18(13-10-17)25-22(28)23(2,3)4/h5-15H,1-4H3,(H,25,28)/b14-11+/t15-/m0/s1. The van der Waals surface area contributed by atoms with Crippen molar-refractivity contribution in [3.05, 3.63) is 71.6 Å². The summed E-state index contributed by atoms with van der Waals surface area (Å²) >= 11 is 0. The van der Waals surface area contributed by atoms with Gasteiger partial charge in [0, 0.05) is 28.3 Å². The number of ketones is 1. The van der Waals surface area contributed by atoms with Crippen molar-refractivity contribution in [3.63, 3.8) is 0 Å². The molecule has 0 aliphatic rings. The lowest BCUT2D eigenvalue weighted by atomic mass is 9.95. The molecule has 0 fully saturated rings. The molecular weight excluding hydrogens is 373 g/mol. The number of esters is 1. The summed E-state index contributed by atoms with van der Waals surface area (Å²) in [5.74, 6) is -1.73. The van der Waals surface area contributed by atoms with Gasteiger partial charge in [0.25, 0.3) is 0 Å². The van der Waals surface area contributed by atoms with Crippen LogP contribution in [0, 0.1) is 11.2 Å². The van der Waals surface area contributed by atoms with E-state index in [1.807, 2.05) is 0 Å². The first-order chi connectivity index (χ1) is 13.6. The van der Waals surface area contributed by atoms with Gasteiger partial charge in [0.05, 0.1) is 0 Å². The van der Waals surface area contributed by atoms with Crippen LogP contribution in [0.25, 0.3) is 6.08 Å². The number of anilines is 1. The fourth-order valence-corrected chi connectivity index (χ4v) is 2.31. The molecule has 1 amide bonds. The monoisotopic (exact) mass is 397 g/mol. The minimum Gasteiger partial charge on any atom is -0.451 e. The second-order valence-corrected chi connectivity index (χ2v) is 7.58. The molecule has 0 aromatic heterocycles. The Hall–Kier alpha value is -3.28. The molecule has 1 atom stereocenters. The normalized spacial score (nSPS) is 12.4. The molecule has 1 N–H and O–H groups in total. The third-order valence-corrected chi connectivity index (χ3v) is 4.07. The van der Waals surface area contributed by atoms with Crippen molar-refractivity contribution in [1.29, 1.82) is 0 Å². The maximum Gasteiger partial charge on any atom is 0.331 e. The molecule has 0 bridgehead atoms. The molecule has 5 nitrogen and oxygen atoms in total. The number of halogens is 1. The summed E-state index contributed by atoms with van der Waals surface area (Å²) < 4.78 is 18.6. The van der Waals surface area contributed by atoms with Gasteiger partial charge in [-0.25, -0.2) is 9.18 Å². The van der Waals surface area contributed by atoms with Gasteiger partial charge in [0.2, 0.25) is 11.7 Å². The summed E-state index contributed by atoms with van der Waals surface area (Å²) in [6.07, 6.45) is 1.36. The van der Waals surface area contributed by atoms with Crippen LogP contribution in [-0.4, -0.2) is 23.8 Å². The van der Waals surface area contributed by atoms with Gasteiger partial charge in [-0.3, -0.25) is 9.59 Å². The van der Waals surface area contributed by atoms with E-state index in [-0.39, 0.29) is 17.3 Å². The van der Waals surface area contributed by atoms with Crippen LogP contribution >= 0.6 is 0 Å². The Morgan fingerprint density at radius 2 is 1.66 bits per heavy atom. The van der Waals surface area contributed by atoms with Gasteiger partial charge in [-0.2, -0.15) is 0 Å². The van der Waals surface area contributed by atoms with Crippen molar-refractivity contribution >= 4 is 29.4 Å². The first kappa shape index (κ1) is 22.0. The van der Waals surface area contributed by atoms with Crippen molar-refractivity contribution in [2.75, 3.05) is 5.32 Å². The Kier molecular flexibility index (Phi) is 7.04. The molecule has 0 radical (unpaired) electrons. The smallest absolute Gasteiger partial charge is 0.331 e. The van der Waals surface area contributed by atoms with Crippen LogP contribution in [0.2, 0.25) is 0 Å². The number of nitrogens with one attached hydrogen (secondary N) is 1. The highest BCUT2D eigenvalue weighted by Crippen LogP contribution is 2.18. The van der Waals surface area contributed by atoms with Gasteiger partial charge in [0.15, 0.2) is 6.10 Å². The minimum atomic E-state index is -1.01. The molecule has 6 heteroatoms. The van der Waals surface area contributed by atoms with Gasteiger partial charge in [-0.05, 0) is 43.3 Å². The lowest BCUT2D eigenvalue weighted by Gasteiger charge is -2.18. The molecular formula is C23H24FNO4. The van der Waals surface area contributed by atoms with Crippen molar-refractivity contribution < 1.29 is 23.5 Å². The van der Waals surface area contributed by atoms with Crippen LogP contribution < -0.4 is 5.32 Å². The number of rotatable bonds is 6. The SMILES string of the molecule is C[C@H](OC(=O)/C=C/c1ccccc1F)C(=O)c1ccc(NC(=O)C(C)(C)C)cc1. The van der Waals surface area contributed by atoms with E-state index in [0.717, 1.165) is 6.08 Å². The van der Waals surface area contributed by atoms with Crippen LogP contribution in [0.3, 0.4) is 0 Å². The fraction of sp³-hybridized carbons (Fsp3) is 0.261. The van der Waals surface area contributed by atoms with E-state index >= 15 is 0 Å². The summed E-state index contributed by atoms with van der Waals surface area (Å²) in [4.78, 5) is 36.4. The second-order valence-electron chi connectivity index (χ2n) is 7.58. The predicted molar refractivity (Wildman–Crippen MR) is 110 cm³/mol. The highest BCUT2D eigenvalue weighted by molar-refractivity contribution is 6.01. The quantitative estimate of drug-likeness (QED) is 0.438. The minimum absolute atomic E-state index is 0.138. The van der Waals surface area contributed by atoms with E-state index in [0.29, 0.717) is 11.3 Å². The predicted octanol–water partition coefficient (Wildman–Crippen LogP) is 4.64. The summed E-state index contributed by atoms with van der Waals surface area (Å²) in [6, 6.07) is 12.3. The molecule has 0 unspecified atom stereocenters. The Bertz CT molecular complexity index is 927. The lowest BCUT2D eigenvalue weighted by molar-refractivity contribution is -0.140. The van der Waals surface area contributed by atoms with Gasteiger partial charge in [-0.1, -0.05) is 39.0 Å². The zero-order valence-corrected chi connectivity index (χ0v) is 16.9. The Balaban J connectivity index is 1.96. The highest BCUT2D eigenvalue weighted by Gasteiger charge is 2.22.